The first kappa shape index (κ1) is 17.4. The second-order valence-corrected chi connectivity index (χ2v) is 9.90. The van der Waals surface area contributed by atoms with E-state index in [1.807, 2.05) is 6.20 Å². The van der Waals surface area contributed by atoms with Gasteiger partial charge in [0.1, 0.15) is 0 Å². The minimum atomic E-state index is -1.98. The topological polar surface area (TPSA) is 45.6 Å². The maximum Gasteiger partial charge on any atom is 0.0702 e. The maximum atomic E-state index is 11.8. The molecule has 1 aromatic heterocycles. The summed E-state index contributed by atoms with van der Waals surface area (Å²) in [5.74, 6) is 0.523. The molecule has 1 saturated heterocycles. The van der Waals surface area contributed by atoms with Gasteiger partial charge in [-0.3, -0.25) is 14.1 Å². The summed E-state index contributed by atoms with van der Waals surface area (Å²) in [6.45, 7) is 5.92. The van der Waals surface area contributed by atoms with Crippen LogP contribution in [0.3, 0.4) is 0 Å². The summed E-state index contributed by atoms with van der Waals surface area (Å²) in [6, 6.07) is 8.64. The highest BCUT2D eigenvalue weighted by molar-refractivity contribution is 7.92. The van der Waals surface area contributed by atoms with Gasteiger partial charge >= 0.3 is 0 Å². The highest BCUT2D eigenvalue weighted by Gasteiger charge is 2.20. The standard InChI is InChI=1S/C19H27N3OS/c1-15-6-7-19-18(9-15)10-17(11-20-19)14-22-8-4-5-16(13-22)12-21-24(2,3)23/h6-7,9-11,16H,4-5,8,12-14H2,1-3H3. The van der Waals surface area contributed by atoms with E-state index in [1.54, 1.807) is 12.5 Å². The van der Waals surface area contributed by atoms with Gasteiger partial charge in [-0.2, -0.15) is 0 Å². The fraction of sp³-hybridized carbons (Fsp3) is 0.526. The Morgan fingerprint density at radius 3 is 2.96 bits per heavy atom. The number of hydrogen-bond acceptors (Lipinski definition) is 4. The van der Waals surface area contributed by atoms with Crippen molar-refractivity contribution in [1.82, 2.24) is 9.88 Å². The summed E-state index contributed by atoms with van der Waals surface area (Å²) in [7, 11) is -1.98. The van der Waals surface area contributed by atoms with E-state index in [0.29, 0.717) is 5.92 Å². The molecule has 2 aromatic rings. The summed E-state index contributed by atoms with van der Waals surface area (Å²) >= 11 is 0. The Hall–Kier alpha value is -1.46. The van der Waals surface area contributed by atoms with Crippen LogP contribution in [-0.2, 0) is 16.3 Å². The van der Waals surface area contributed by atoms with Crippen molar-refractivity contribution >= 4 is 20.6 Å². The molecule has 0 bridgehead atoms. The van der Waals surface area contributed by atoms with Crippen LogP contribution >= 0.6 is 0 Å². The normalized spacial score (nSPS) is 19.5. The van der Waals surface area contributed by atoms with Crippen molar-refractivity contribution in [3.05, 3.63) is 41.6 Å². The van der Waals surface area contributed by atoms with E-state index in [2.05, 4.69) is 45.4 Å². The number of rotatable bonds is 4. The summed E-state index contributed by atoms with van der Waals surface area (Å²) in [6.07, 6.45) is 7.81. The monoisotopic (exact) mass is 345 g/mol. The number of aromatic nitrogens is 1. The number of benzene rings is 1. The number of nitrogens with zero attached hydrogens (tertiary/aromatic N) is 3. The number of aryl methyl sites for hydroxylation is 1. The second kappa shape index (κ2) is 7.19. The zero-order chi connectivity index (χ0) is 17.2. The van der Waals surface area contributed by atoms with Crippen molar-refractivity contribution < 1.29 is 4.21 Å². The van der Waals surface area contributed by atoms with E-state index in [0.717, 1.165) is 31.7 Å². The third kappa shape index (κ3) is 4.77. The van der Waals surface area contributed by atoms with Crippen LogP contribution in [0.1, 0.15) is 24.0 Å². The molecule has 0 spiro atoms. The summed E-state index contributed by atoms with van der Waals surface area (Å²) in [5, 5.41) is 1.22. The van der Waals surface area contributed by atoms with Crippen molar-refractivity contribution in [2.45, 2.75) is 26.3 Å². The van der Waals surface area contributed by atoms with Gasteiger partial charge in [-0.25, -0.2) is 4.36 Å². The van der Waals surface area contributed by atoms with E-state index >= 15 is 0 Å². The van der Waals surface area contributed by atoms with Crippen LogP contribution in [0.2, 0.25) is 0 Å². The van der Waals surface area contributed by atoms with Gasteiger partial charge in [0.05, 0.1) is 12.1 Å². The molecule has 130 valence electrons. The molecule has 24 heavy (non-hydrogen) atoms. The lowest BCUT2D eigenvalue weighted by molar-refractivity contribution is 0.171. The Kier molecular flexibility index (Phi) is 5.21. The van der Waals surface area contributed by atoms with Gasteiger partial charge in [-0.1, -0.05) is 11.6 Å². The molecule has 0 amide bonds. The molecule has 1 atom stereocenters. The van der Waals surface area contributed by atoms with Crippen LogP contribution in [0.4, 0.5) is 0 Å². The average molecular weight is 346 g/mol. The second-order valence-electron chi connectivity index (χ2n) is 7.28. The first-order valence-electron chi connectivity index (χ1n) is 8.59. The molecule has 1 fully saturated rings. The molecule has 0 aliphatic carbocycles. The van der Waals surface area contributed by atoms with E-state index in [9.17, 15) is 4.21 Å². The summed E-state index contributed by atoms with van der Waals surface area (Å²) < 4.78 is 16.1. The largest absolute Gasteiger partial charge is 0.299 e. The molecule has 0 saturated carbocycles. The highest BCUT2D eigenvalue weighted by Crippen LogP contribution is 2.21. The van der Waals surface area contributed by atoms with Crippen molar-refractivity contribution in [1.29, 1.82) is 0 Å². The first-order chi connectivity index (χ1) is 11.4. The van der Waals surface area contributed by atoms with Crippen molar-refractivity contribution in [3.63, 3.8) is 0 Å². The molecule has 0 radical (unpaired) electrons. The number of pyridine rings is 1. The number of likely N-dealkylation sites (tertiary alicyclic amines) is 1. The zero-order valence-electron chi connectivity index (χ0n) is 14.9. The smallest absolute Gasteiger partial charge is 0.0702 e. The molecule has 1 aliphatic rings. The van der Waals surface area contributed by atoms with Crippen molar-refractivity contribution in [2.75, 3.05) is 32.1 Å². The molecule has 1 aromatic carbocycles. The van der Waals surface area contributed by atoms with Crippen molar-refractivity contribution in [3.8, 4) is 0 Å². The highest BCUT2D eigenvalue weighted by atomic mass is 32.2. The van der Waals surface area contributed by atoms with Crippen LogP contribution in [0, 0.1) is 12.8 Å². The third-order valence-corrected chi connectivity index (χ3v) is 5.32. The van der Waals surface area contributed by atoms with Gasteiger partial charge in [0, 0.05) is 46.9 Å². The Labute approximate surface area is 145 Å². The lowest BCUT2D eigenvalue weighted by atomic mass is 9.98. The Morgan fingerprint density at radius 1 is 1.33 bits per heavy atom. The molecule has 5 heteroatoms. The van der Waals surface area contributed by atoms with E-state index in [1.165, 1.54) is 29.4 Å². The summed E-state index contributed by atoms with van der Waals surface area (Å²) in [5.41, 5.74) is 3.59. The SMILES string of the molecule is Cc1ccc2ncc(CN3CCCC(CN=S(C)(C)=O)C3)cc2c1. The molecule has 2 heterocycles. The van der Waals surface area contributed by atoms with Gasteiger partial charge in [-0.05, 0) is 56.0 Å². The van der Waals surface area contributed by atoms with Gasteiger partial charge in [0.15, 0.2) is 0 Å². The predicted octanol–water partition coefficient (Wildman–Crippen LogP) is 3.48. The van der Waals surface area contributed by atoms with Crippen LogP contribution in [0.15, 0.2) is 34.8 Å². The first-order valence-corrected chi connectivity index (χ1v) is 10.9. The predicted molar refractivity (Wildman–Crippen MR) is 102 cm³/mol. The molecule has 1 aliphatic heterocycles. The lowest BCUT2D eigenvalue weighted by Crippen LogP contribution is -2.36. The van der Waals surface area contributed by atoms with E-state index in [-0.39, 0.29) is 0 Å². The zero-order valence-corrected chi connectivity index (χ0v) is 15.7. The molecule has 0 N–H and O–H groups in total. The molecule has 1 unspecified atom stereocenters. The Balaban J connectivity index is 1.68. The number of fused-ring (bicyclic) bond motifs is 1. The maximum absolute atomic E-state index is 11.8. The summed E-state index contributed by atoms with van der Waals surface area (Å²) in [4.78, 5) is 7.07. The van der Waals surface area contributed by atoms with E-state index < -0.39 is 9.73 Å². The minimum Gasteiger partial charge on any atom is -0.299 e. The fourth-order valence-electron chi connectivity index (χ4n) is 3.37. The number of hydrogen-bond donors (Lipinski definition) is 0. The van der Waals surface area contributed by atoms with Gasteiger partial charge in [-0.15, -0.1) is 0 Å². The van der Waals surface area contributed by atoms with Crippen LogP contribution in [-0.4, -0.2) is 46.2 Å². The average Bonchev–Trinajstić information content (AvgIpc) is 2.52. The third-order valence-electron chi connectivity index (χ3n) is 4.55. The molecule has 4 nitrogen and oxygen atoms in total. The van der Waals surface area contributed by atoms with Crippen LogP contribution < -0.4 is 0 Å². The van der Waals surface area contributed by atoms with Gasteiger partial charge in [0.2, 0.25) is 0 Å². The lowest BCUT2D eigenvalue weighted by Gasteiger charge is -2.32. The fourth-order valence-corrected chi connectivity index (χ4v) is 3.94. The number of piperidine rings is 1. The van der Waals surface area contributed by atoms with Crippen molar-refractivity contribution in [2.24, 2.45) is 10.3 Å². The quantitative estimate of drug-likeness (QED) is 0.852. The minimum absolute atomic E-state index is 0.523. The Morgan fingerprint density at radius 2 is 2.17 bits per heavy atom. The van der Waals surface area contributed by atoms with Crippen LogP contribution in [0.25, 0.3) is 10.9 Å². The Bertz CT molecular complexity index is 832. The molecular formula is C19H27N3OS. The molecular weight excluding hydrogens is 318 g/mol. The van der Waals surface area contributed by atoms with Gasteiger partial charge in [0.25, 0.3) is 0 Å². The van der Waals surface area contributed by atoms with E-state index in [4.69, 9.17) is 0 Å². The molecule has 3 rings (SSSR count). The van der Waals surface area contributed by atoms with Crippen LogP contribution in [0.5, 0.6) is 0 Å². The van der Waals surface area contributed by atoms with Gasteiger partial charge < -0.3 is 0 Å².